The van der Waals surface area contributed by atoms with Crippen LogP contribution in [0.25, 0.3) is 17.4 Å². The van der Waals surface area contributed by atoms with Crippen molar-refractivity contribution in [2.45, 2.75) is 6.61 Å². The van der Waals surface area contributed by atoms with Gasteiger partial charge >= 0.3 is 0 Å². The summed E-state index contributed by atoms with van der Waals surface area (Å²) in [4.78, 5) is 12.0. The summed E-state index contributed by atoms with van der Waals surface area (Å²) >= 11 is 11.4. The maximum Gasteiger partial charge on any atom is 0.250 e. The van der Waals surface area contributed by atoms with Crippen LogP contribution in [-0.2, 0) is 11.4 Å². The van der Waals surface area contributed by atoms with E-state index in [1.165, 1.54) is 6.08 Å². The number of furan rings is 1. The summed E-state index contributed by atoms with van der Waals surface area (Å²) in [6.07, 6.45) is 3.10. The number of carbonyl (C=O) groups excluding carboxylic acids is 1. The monoisotopic (exact) mass is 412 g/mol. The van der Waals surface area contributed by atoms with Crippen LogP contribution in [0.4, 0.5) is 5.69 Å². The zero-order valence-electron chi connectivity index (χ0n) is 14.7. The Balaban J connectivity index is 1.65. The van der Waals surface area contributed by atoms with Crippen LogP contribution in [0.2, 0.25) is 5.02 Å². The van der Waals surface area contributed by atoms with Gasteiger partial charge in [-0.15, -0.1) is 0 Å². The molecule has 0 aliphatic rings. The van der Waals surface area contributed by atoms with Crippen molar-refractivity contribution in [1.82, 2.24) is 5.32 Å². The summed E-state index contributed by atoms with van der Waals surface area (Å²) in [5.41, 5.74) is 2.19. The predicted molar refractivity (Wildman–Crippen MR) is 115 cm³/mol. The van der Waals surface area contributed by atoms with Gasteiger partial charge in [-0.3, -0.25) is 10.1 Å². The number of aliphatic hydroxyl groups is 1. The highest BCUT2D eigenvalue weighted by Crippen LogP contribution is 2.30. The van der Waals surface area contributed by atoms with E-state index in [0.29, 0.717) is 22.2 Å². The molecule has 3 rings (SSSR count). The largest absolute Gasteiger partial charge is 0.459 e. The van der Waals surface area contributed by atoms with Crippen molar-refractivity contribution in [3.63, 3.8) is 0 Å². The molecule has 0 unspecified atom stereocenters. The fourth-order valence-corrected chi connectivity index (χ4v) is 2.81. The molecule has 1 amide bonds. The van der Waals surface area contributed by atoms with E-state index in [2.05, 4.69) is 10.6 Å². The molecule has 0 aliphatic heterocycles. The van der Waals surface area contributed by atoms with E-state index in [-0.39, 0.29) is 17.6 Å². The average molecular weight is 413 g/mol. The van der Waals surface area contributed by atoms with Crippen molar-refractivity contribution in [3.8, 4) is 11.3 Å². The minimum Gasteiger partial charge on any atom is -0.459 e. The molecular formula is C21H17ClN2O3S. The summed E-state index contributed by atoms with van der Waals surface area (Å²) in [6.45, 7) is -0.175. The minimum absolute atomic E-state index is 0.122. The van der Waals surface area contributed by atoms with Gasteiger partial charge in [-0.05, 0) is 54.2 Å². The van der Waals surface area contributed by atoms with Crippen molar-refractivity contribution in [2.75, 3.05) is 5.32 Å². The number of hydrogen-bond donors (Lipinski definition) is 3. The van der Waals surface area contributed by atoms with Gasteiger partial charge in [-0.2, -0.15) is 0 Å². The zero-order chi connectivity index (χ0) is 19.9. The second-order valence-corrected chi connectivity index (χ2v) is 6.62. The quantitative estimate of drug-likeness (QED) is 0.421. The first-order valence-electron chi connectivity index (χ1n) is 8.40. The molecule has 7 heteroatoms. The number of thiocarbonyl (C=S) groups is 1. The minimum atomic E-state index is -0.354. The Hall–Kier alpha value is -2.93. The molecule has 0 spiro atoms. The third kappa shape index (κ3) is 5.29. The lowest BCUT2D eigenvalue weighted by Gasteiger charge is -2.11. The van der Waals surface area contributed by atoms with Crippen molar-refractivity contribution in [3.05, 3.63) is 83.1 Å². The molecule has 3 N–H and O–H groups in total. The molecule has 0 saturated heterocycles. The van der Waals surface area contributed by atoms with Crippen molar-refractivity contribution < 1.29 is 14.3 Å². The van der Waals surface area contributed by atoms with E-state index in [4.69, 9.17) is 33.3 Å². The zero-order valence-corrected chi connectivity index (χ0v) is 16.3. The first-order valence-corrected chi connectivity index (χ1v) is 9.18. The van der Waals surface area contributed by atoms with Crippen LogP contribution in [-0.4, -0.2) is 16.1 Å². The summed E-state index contributed by atoms with van der Waals surface area (Å²) in [7, 11) is 0. The van der Waals surface area contributed by atoms with Gasteiger partial charge in [-0.1, -0.05) is 41.9 Å². The summed E-state index contributed by atoms with van der Waals surface area (Å²) in [6, 6.07) is 18.2. The number of anilines is 1. The van der Waals surface area contributed by atoms with Gasteiger partial charge in [0.05, 0.1) is 10.7 Å². The lowest BCUT2D eigenvalue weighted by Crippen LogP contribution is -2.32. The smallest absolute Gasteiger partial charge is 0.250 e. The second-order valence-electron chi connectivity index (χ2n) is 5.81. The number of carbonyl (C=O) groups is 1. The molecule has 0 bridgehead atoms. The van der Waals surface area contributed by atoms with Crippen LogP contribution in [0.1, 0.15) is 11.3 Å². The first-order chi connectivity index (χ1) is 13.5. The third-order valence-electron chi connectivity index (χ3n) is 3.78. The SMILES string of the molecule is O=C(/C=C/c1ccccc1)NC(=S)Nc1cc(-c2ccc(CO)o2)ccc1Cl. The number of amides is 1. The number of halogens is 1. The van der Waals surface area contributed by atoms with Gasteiger partial charge in [0, 0.05) is 11.6 Å². The van der Waals surface area contributed by atoms with Gasteiger partial charge in [0.1, 0.15) is 18.1 Å². The number of aliphatic hydroxyl groups excluding tert-OH is 1. The molecule has 0 saturated carbocycles. The average Bonchev–Trinajstić information content (AvgIpc) is 3.18. The summed E-state index contributed by atoms with van der Waals surface area (Å²) < 4.78 is 5.52. The van der Waals surface area contributed by atoms with Crippen LogP contribution in [0.15, 0.2) is 71.2 Å². The van der Waals surface area contributed by atoms with Crippen LogP contribution in [0, 0.1) is 0 Å². The molecule has 0 aliphatic carbocycles. The Bertz CT molecular complexity index is 1020. The Morgan fingerprint density at radius 2 is 1.93 bits per heavy atom. The summed E-state index contributed by atoms with van der Waals surface area (Å²) in [5, 5.41) is 15.2. The molecule has 1 aromatic heterocycles. The molecule has 0 radical (unpaired) electrons. The molecule has 2 aromatic carbocycles. The van der Waals surface area contributed by atoms with E-state index < -0.39 is 0 Å². The highest BCUT2D eigenvalue weighted by molar-refractivity contribution is 7.80. The lowest BCUT2D eigenvalue weighted by molar-refractivity contribution is -0.115. The van der Waals surface area contributed by atoms with E-state index >= 15 is 0 Å². The Labute approximate surface area is 172 Å². The molecule has 0 fully saturated rings. The van der Waals surface area contributed by atoms with Gasteiger partial charge in [0.25, 0.3) is 0 Å². The van der Waals surface area contributed by atoms with Crippen LogP contribution in [0.3, 0.4) is 0 Å². The van der Waals surface area contributed by atoms with Gasteiger partial charge in [0.15, 0.2) is 5.11 Å². The molecule has 5 nitrogen and oxygen atoms in total. The normalized spacial score (nSPS) is 10.8. The van der Waals surface area contributed by atoms with E-state index in [1.54, 1.807) is 36.4 Å². The van der Waals surface area contributed by atoms with Crippen LogP contribution < -0.4 is 10.6 Å². The van der Waals surface area contributed by atoms with Gasteiger partial charge < -0.3 is 14.8 Å². The molecule has 142 valence electrons. The maximum atomic E-state index is 12.0. The van der Waals surface area contributed by atoms with Gasteiger partial charge in [0.2, 0.25) is 5.91 Å². The fourth-order valence-electron chi connectivity index (χ4n) is 2.44. The van der Waals surface area contributed by atoms with E-state index in [1.807, 2.05) is 30.3 Å². The second kappa shape index (κ2) is 9.32. The fraction of sp³-hybridized carbons (Fsp3) is 0.0476. The molecular weight excluding hydrogens is 396 g/mol. The molecule has 3 aromatic rings. The number of rotatable bonds is 5. The molecule has 0 atom stereocenters. The Morgan fingerprint density at radius 1 is 1.14 bits per heavy atom. The maximum absolute atomic E-state index is 12.0. The van der Waals surface area contributed by atoms with Crippen LogP contribution >= 0.6 is 23.8 Å². The Morgan fingerprint density at radius 3 is 2.64 bits per heavy atom. The van der Waals surface area contributed by atoms with Crippen LogP contribution in [0.5, 0.6) is 0 Å². The van der Waals surface area contributed by atoms with Crippen molar-refractivity contribution in [2.24, 2.45) is 0 Å². The third-order valence-corrected chi connectivity index (χ3v) is 4.31. The van der Waals surface area contributed by atoms with E-state index in [9.17, 15) is 4.79 Å². The summed E-state index contributed by atoms with van der Waals surface area (Å²) in [5.74, 6) is 0.698. The number of nitrogens with one attached hydrogen (secondary N) is 2. The molecule has 28 heavy (non-hydrogen) atoms. The molecule has 1 heterocycles. The lowest BCUT2D eigenvalue weighted by atomic mass is 10.1. The number of benzene rings is 2. The topological polar surface area (TPSA) is 74.5 Å². The highest BCUT2D eigenvalue weighted by atomic mass is 35.5. The van der Waals surface area contributed by atoms with E-state index in [0.717, 1.165) is 11.1 Å². The highest BCUT2D eigenvalue weighted by Gasteiger charge is 2.10. The number of hydrogen-bond acceptors (Lipinski definition) is 4. The predicted octanol–water partition coefficient (Wildman–Crippen LogP) is 4.62. The van der Waals surface area contributed by atoms with Crippen molar-refractivity contribution in [1.29, 1.82) is 0 Å². The first kappa shape index (κ1) is 19.8. The standard InChI is InChI=1S/C21H17ClN2O3S/c22-17-9-7-15(19-10-8-16(13-25)27-19)12-18(17)23-21(28)24-20(26)11-6-14-4-2-1-3-5-14/h1-12,25H,13H2,(H2,23,24,26,28)/b11-6+. The van der Waals surface area contributed by atoms with Crippen molar-refractivity contribution >= 4 is 46.6 Å². The van der Waals surface area contributed by atoms with Gasteiger partial charge in [-0.25, -0.2) is 0 Å². The Kier molecular flexibility index (Phi) is 6.60.